The molecule has 0 saturated carbocycles. The van der Waals surface area contributed by atoms with E-state index in [-0.39, 0.29) is 5.84 Å². The Labute approximate surface area is 130 Å². The number of oxime groups is 1. The van der Waals surface area contributed by atoms with Gasteiger partial charge >= 0.3 is 0 Å². The summed E-state index contributed by atoms with van der Waals surface area (Å²) >= 11 is 6.24. The number of benzene rings is 1. The molecule has 0 aliphatic carbocycles. The molecule has 0 radical (unpaired) electrons. The minimum atomic E-state index is 0.0697. The number of halogens is 1. The summed E-state index contributed by atoms with van der Waals surface area (Å²) < 4.78 is 0. The molecular formula is C15H23ClN4O. The van der Waals surface area contributed by atoms with Gasteiger partial charge in [-0.2, -0.15) is 0 Å². The van der Waals surface area contributed by atoms with E-state index in [9.17, 15) is 0 Å². The van der Waals surface area contributed by atoms with Crippen molar-refractivity contribution in [1.29, 1.82) is 0 Å². The molecule has 1 aromatic rings. The number of piperidine rings is 1. The van der Waals surface area contributed by atoms with Crippen molar-refractivity contribution >= 4 is 17.4 Å². The number of likely N-dealkylation sites (tertiary alicyclic amines) is 1. The predicted molar refractivity (Wildman–Crippen MR) is 85.9 cm³/mol. The smallest absolute Gasteiger partial charge is 0.170 e. The van der Waals surface area contributed by atoms with Crippen LogP contribution in [0.5, 0.6) is 0 Å². The SMILES string of the molecule is CN1CCCCC1CNCc1ccc(/C(N)=N/O)cc1Cl. The van der Waals surface area contributed by atoms with Gasteiger partial charge in [-0.05, 0) is 38.1 Å². The Morgan fingerprint density at radius 2 is 2.33 bits per heavy atom. The van der Waals surface area contributed by atoms with Crippen LogP contribution in [0.1, 0.15) is 30.4 Å². The first kappa shape index (κ1) is 16.1. The first-order valence-electron chi connectivity index (χ1n) is 7.29. The number of nitrogens with one attached hydrogen (secondary N) is 1. The van der Waals surface area contributed by atoms with Crippen LogP contribution in [0.4, 0.5) is 0 Å². The maximum absolute atomic E-state index is 8.66. The van der Waals surface area contributed by atoms with E-state index in [0.717, 1.165) is 18.7 Å². The Bertz CT molecular complexity index is 506. The largest absolute Gasteiger partial charge is 0.409 e. The Hall–Kier alpha value is -1.30. The molecule has 1 atom stereocenters. The summed E-state index contributed by atoms with van der Waals surface area (Å²) in [6.45, 7) is 2.87. The average molecular weight is 311 g/mol. The number of nitrogens with zero attached hydrogens (tertiary/aromatic N) is 2. The van der Waals surface area contributed by atoms with E-state index in [1.165, 1.54) is 25.8 Å². The normalized spacial score (nSPS) is 20.7. The zero-order valence-electron chi connectivity index (χ0n) is 12.3. The first-order chi connectivity index (χ1) is 10.1. The summed E-state index contributed by atoms with van der Waals surface area (Å²) in [5, 5.41) is 15.7. The van der Waals surface area contributed by atoms with Crippen LogP contribution in [0.3, 0.4) is 0 Å². The third kappa shape index (κ3) is 4.33. The zero-order valence-corrected chi connectivity index (χ0v) is 13.1. The molecular weight excluding hydrogens is 288 g/mol. The quantitative estimate of drug-likeness (QED) is 0.337. The number of rotatable bonds is 5. The third-order valence-corrected chi connectivity index (χ3v) is 4.43. The lowest BCUT2D eigenvalue weighted by Crippen LogP contribution is -2.42. The number of hydrogen-bond donors (Lipinski definition) is 3. The highest BCUT2D eigenvalue weighted by molar-refractivity contribution is 6.31. The molecule has 6 heteroatoms. The van der Waals surface area contributed by atoms with Crippen LogP contribution in [-0.4, -0.2) is 42.1 Å². The molecule has 2 rings (SSSR count). The van der Waals surface area contributed by atoms with Crippen molar-refractivity contribution in [3.05, 3.63) is 34.3 Å². The van der Waals surface area contributed by atoms with Crippen molar-refractivity contribution in [2.24, 2.45) is 10.9 Å². The molecule has 5 nitrogen and oxygen atoms in total. The highest BCUT2D eigenvalue weighted by Crippen LogP contribution is 2.18. The molecule has 1 fully saturated rings. The molecule has 0 aromatic heterocycles. The van der Waals surface area contributed by atoms with E-state index in [1.807, 2.05) is 12.1 Å². The summed E-state index contributed by atoms with van der Waals surface area (Å²) in [4.78, 5) is 2.42. The van der Waals surface area contributed by atoms with Gasteiger partial charge in [-0.1, -0.05) is 35.3 Å². The second-order valence-corrected chi connectivity index (χ2v) is 5.96. The van der Waals surface area contributed by atoms with Gasteiger partial charge in [0.15, 0.2) is 5.84 Å². The minimum Gasteiger partial charge on any atom is -0.409 e. The molecule has 1 saturated heterocycles. The van der Waals surface area contributed by atoms with E-state index in [4.69, 9.17) is 22.5 Å². The van der Waals surface area contributed by atoms with Gasteiger partial charge in [0, 0.05) is 29.7 Å². The van der Waals surface area contributed by atoms with Gasteiger partial charge in [0.05, 0.1) is 0 Å². The van der Waals surface area contributed by atoms with E-state index in [2.05, 4.69) is 22.4 Å². The number of amidine groups is 1. The van der Waals surface area contributed by atoms with Crippen molar-refractivity contribution in [2.75, 3.05) is 20.1 Å². The van der Waals surface area contributed by atoms with Crippen molar-refractivity contribution in [3.63, 3.8) is 0 Å². The second-order valence-electron chi connectivity index (χ2n) is 5.55. The Morgan fingerprint density at radius 3 is 3.00 bits per heavy atom. The van der Waals surface area contributed by atoms with Crippen molar-refractivity contribution in [1.82, 2.24) is 10.2 Å². The Balaban J connectivity index is 1.88. The summed E-state index contributed by atoms with van der Waals surface area (Å²) in [5.41, 5.74) is 7.19. The van der Waals surface area contributed by atoms with Crippen molar-refractivity contribution in [2.45, 2.75) is 31.8 Å². The van der Waals surface area contributed by atoms with Gasteiger partial charge in [-0.25, -0.2) is 0 Å². The standard InChI is InChI=1S/C15H23ClN4O/c1-20-7-3-2-4-13(20)10-18-9-12-6-5-11(8-14(12)16)15(17)19-21/h5-6,8,13,18,21H,2-4,7,9-10H2,1H3,(H2,17,19). The maximum Gasteiger partial charge on any atom is 0.170 e. The van der Waals surface area contributed by atoms with Gasteiger partial charge in [0.2, 0.25) is 0 Å². The molecule has 0 spiro atoms. The lowest BCUT2D eigenvalue weighted by molar-refractivity contribution is 0.181. The third-order valence-electron chi connectivity index (χ3n) is 4.07. The van der Waals surface area contributed by atoms with Crippen LogP contribution in [0, 0.1) is 0 Å². The van der Waals surface area contributed by atoms with Crippen LogP contribution in [0.15, 0.2) is 23.4 Å². The first-order valence-corrected chi connectivity index (χ1v) is 7.67. The summed E-state index contributed by atoms with van der Waals surface area (Å²) in [5.74, 6) is 0.0697. The second kappa shape index (κ2) is 7.64. The molecule has 4 N–H and O–H groups in total. The lowest BCUT2D eigenvalue weighted by Gasteiger charge is -2.32. The average Bonchev–Trinajstić information content (AvgIpc) is 2.50. The molecule has 0 amide bonds. The summed E-state index contributed by atoms with van der Waals surface area (Å²) in [6, 6.07) is 6.05. The Kier molecular flexibility index (Phi) is 5.85. The van der Waals surface area contributed by atoms with Gasteiger partial charge in [-0.15, -0.1) is 0 Å². The molecule has 1 aromatic carbocycles. The highest BCUT2D eigenvalue weighted by atomic mass is 35.5. The fourth-order valence-corrected chi connectivity index (χ4v) is 2.93. The van der Waals surface area contributed by atoms with Gasteiger partial charge in [0.1, 0.15) is 0 Å². The monoisotopic (exact) mass is 310 g/mol. The number of nitrogens with two attached hydrogens (primary N) is 1. The molecule has 21 heavy (non-hydrogen) atoms. The van der Waals surface area contributed by atoms with Gasteiger partial charge in [-0.3, -0.25) is 0 Å². The van der Waals surface area contributed by atoms with Gasteiger partial charge < -0.3 is 21.2 Å². The number of likely N-dealkylation sites (N-methyl/N-ethyl adjacent to an activating group) is 1. The topological polar surface area (TPSA) is 73.9 Å². The van der Waals surface area contributed by atoms with Crippen LogP contribution in [0.2, 0.25) is 5.02 Å². The van der Waals surface area contributed by atoms with Crippen LogP contribution in [0.25, 0.3) is 0 Å². The van der Waals surface area contributed by atoms with Crippen LogP contribution in [-0.2, 0) is 6.54 Å². The zero-order chi connectivity index (χ0) is 15.2. The molecule has 116 valence electrons. The Morgan fingerprint density at radius 1 is 1.52 bits per heavy atom. The lowest BCUT2D eigenvalue weighted by atomic mass is 10.0. The molecule has 1 heterocycles. The van der Waals surface area contributed by atoms with Gasteiger partial charge in [0.25, 0.3) is 0 Å². The summed E-state index contributed by atoms with van der Waals surface area (Å²) in [6.07, 6.45) is 3.86. The van der Waals surface area contributed by atoms with E-state index >= 15 is 0 Å². The number of hydrogen-bond acceptors (Lipinski definition) is 4. The predicted octanol–water partition coefficient (Wildman–Crippen LogP) is 2.01. The van der Waals surface area contributed by atoms with E-state index in [1.54, 1.807) is 6.07 Å². The van der Waals surface area contributed by atoms with E-state index < -0.39 is 0 Å². The van der Waals surface area contributed by atoms with Crippen molar-refractivity contribution < 1.29 is 5.21 Å². The molecule has 1 aliphatic rings. The maximum atomic E-state index is 8.66. The molecule has 1 unspecified atom stereocenters. The van der Waals surface area contributed by atoms with E-state index in [0.29, 0.717) is 16.6 Å². The molecule has 0 bridgehead atoms. The minimum absolute atomic E-state index is 0.0697. The fourth-order valence-electron chi connectivity index (χ4n) is 2.68. The highest BCUT2D eigenvalue weighted by Gasteiger charge is 2.18. The van der Waals surface area contributed by atoms with Crippen molar-refractivity contribution in [3.8, 4) is 0 Å². The van der Waals surface area contributed by atoms with Crippen LogP contribution >= 0.6 is 11.6 Å². The summed E-state index contributed by atoms with van der Waals surface area (Å²) in [7, 11) is 2.18. The van der Waals surface area contributed by atoms with Crippen LogP contribution < -0.4 is 11.1 Å². The fraction of sp³-hybridized carbons (Fsp3) is 0.533. The molecule has 1 aliphatic heterocycles.